The van der Waals surface area contributed by atoms with Gasteiger partial charge >= 0.3 is 0 Å². The van der Waals surface area contributed by atoms with Gasteiger partial charge in [0.2, 0.25) is 17.8 Å². The Morgan fingerprint density at radius 2 is 2.04 bits per heavy atom. The van der Waals surface area contributed by atoms with Gasteiger partial charge in [-0.2, -0.15) is 10.2 Å². The third kappa shape index (κ3) is 2.95. The minimum Gasteiger partial charge on any atom is -0.366 e. The fourth-order valence-corrected chi connectivity index (χ4v) is 3.88. The van der Waals surface area contributed by atoms with Crippen molar-refractivity contribution in [2.75, 3.05) is 10.2 Å². The van der Waals surface area contributed by atoms with Crippen LogP contribution in [0, 0.1) is 22.7 Å². The van der Waals surface area contributed by atoms with Gasteiger partial charge in [0.25, 0.3) is 0 Å². The molecule has 3 N–H and O–H groups in total. The normalized spacial score (nSPS) is 24.1. The van der Waals surface area contributed by atoms with Crippen LogP contribution in [0.2, 0.25) is 0 Å². The SMILES string of the molecule is C[C@@H]1C[C@@](C#N)(C2CC2)C(=O)N1c1ccnc(Nc2ccc(C(N)=O)cc2)n1. The molecule has 142 valence electrons. The number of anilines is 3. The number of aromatic nitrogens is 2. The molecule has 8 nitrogen and oxygen atoms in total. The number of benzene rings is 1. The summed E-state index contributed by atoms with van der Waals surface area (Å²) in [6.07, 6.45) is 3.95. The van der Waals surface area contributed by atoms with E-state index in [9.17, 15) is 14.9 Å². The maximum atomic E-state index is 13.1. The fraction of sp³-hybridized carbons (Fsp3) is 0.350. The first kappa shape index (κ1) is 17.9. The molecule has 4 rings (SSSR count). The number of rotatable bonds is 5. The zero-order chi connectivity index (χ0) is 19.9. The lowest BCUT2D eigenvalue weighted by Crippen LogP contribution is -2.37. The van der Waals surface area contributed by atoms with E-state index in [2.05, 4.69) is 21.4 Å². The molecule has 2 aromatic rings. The van der Waals surface area contributed by atoms with E-state index in [4.69, 9.17) is 5.73 Å². The molecule has 1 aromatic heterocycles. The van der Waals surface area contributed by atoms with Crippen molar-refractivity contribution in [3.63, 3.8) is 0 Å². The van der Waals surface area contributed by atoms with Crippen LogP contribution in [0.25, 0.3) is 0 Å². The molecule has 1 saturated heterocycles. The molecule has 1 aliphatic heterocycles. The fourth-order valence-electron chi connectivity index (χ4n) is 3.88. The molecule has 2 heterocycles. The van der Waals surface area contributed by atoms with E-state index >= 15 is 0 Å². The highest BCUT2D eigenvalue weighted by molar-refractivity contribution is 6.02. The number of hydrogen-bond donors (Lipinski definition) is 2. The molecule has 1 aliphatic carbocycles. The van der Waals surface area contributed by atoms with Gasteiger partial charge in [0.1, 0.15) is 11.2 Å². The van der Waals surface area contributed by atoms with Crippen molar-refractivity contribution in [1.82, 2.24) is 9.97 Å². The van der Waals surface area contributed by atoms with Gasteiger partial charge in [-0.15, -0.1) is 0 Å². The molecule has 28 heavy (non-hydrogen) atoms. The summed E-state index contributed by atoms with van der Waals surface area (Å²) in [4.78, 5) is 34.6. The van der Waals surface area contributed by atoms with Gasteiger partial charge in [0, 0.05) is 23.5 Å². The Bertz CT molecular complexity index is 979. The average Bonchev–Trinajstić information content (AvgIpc) is 3.49. The lowest BCUT2D eigenvalue weighted by atomic mass is 9.81. The first-order valence-electron chi connectivity index (χ1n) is 9.19. The van der Waals surface area contributed by atoms with Crippen LogP contribution in [0.15, 0.2) is 36.5 Å². The molecule has 1 aromatic carbocycles. The monoisotopic (exact) mass is 376 g/mol. The number of hydrogen-bond acceptors (Lipinski definition) is 6. The highest BCUT2D eigenvalue weighted by Gasteiger charge is 2.59. The quantitative estimate of drug-likeness (QED) is 0.825. The maximum absolute atomic E-state index is 13.1. The van der Waals surface area contributed by atoms with E-state index in [0.29, 0.717) is 29.4 Å². The van der Waals surface area contributed by atoms with Gasteiger partial charge in [-0.3, -0.25) is 14.5 Å². The minimum absolute atomic E-state index is 0.106. The molecule has 0 radical (unpaired) electrons. The maximum Gasteiger partial charge on any atom is 0.249 e. The number of nitrogens with two attached hydrogens (primary N) is 1. The van der Waals surface area contributed by atoms with Gasteiger partial charge in [-0.1, -0.05) is 0 Å². The van der Waals surface area contributed by atoms with Crippen LogP contribution in [-0.4, -0.2) is 27.8 Å². The van der Waals surface area contributed by atoms with Crippen LogP contribution in [0.3, 0.4) is 0 Å². The van der Waals surface area contributed by atoms with Crippen molar-refractivity contribution in [3.8, 4) is 6.07 Å². The summed E-state index contributed by atoms with van der Waals surface area (Å²) in [6, 6.07) is 10.5. The van der Waals surface area contributed by atoms with Crippen molar-refractivity contribution in [2.24, 2.45) is 17.1 Å². The third-order valence-electron chi connectivity index (χ3n) is 5.45. The lowest BCUT2D eigenvalue weighted by molar-refractivity contribution is -0.123. The summed E-state index contributed by atoms with van der Waals surface area (Å²) in [5.41, 5.74) is 5.41. The second-order valence-corrected chi connectivity index (χ2v) is 7.39. The highest BCUT2D eigenvalue weighted by atomic mass is 16.2. The van der Waals surface area contributed by atoms with E-state index in [1.165, 1.54) is 0 Å². The molecule has 1 saturated carbocycles. The van der Waals surface area contributed by atoms with E-state index in [1.807, 2.05) is 6.92 Å². The van der Waals surface area contributed by atoms with Crippen molar-refractivity contribution in [1.29, 1.82) is 5.26 Å². The molecule has 2 atom stereocenters. The van der Waals surface area contributed by atoms with Crippen LogP contribution in [0.5, 0.6) is 0 Å². The molecule has 8 heteroatoms. The Morgan fingerprint density at radius 3 is 2.64 bits per heavy atom. The third-order valence-corrected chi connectivity index (χ3v) is 5.45. The Morgan fingerprint density at radius 1 is 1.32 bits per heavy atom. The van der Waals surface area contributed by atoms with Gasteiger partial charge < -0.3 is 11.1 Å². The van der Waals surface area contributed by atoms with E-state index in [1.54, 1.807) is 41.4 Å². The standard InChI is InChI=1S/C20H20N6O2/c1-12-10-20(11-21,14-4-5-14)18(28)26(12)16-8-9-23-19(25-16)24-15-6-2-13(3-7-15)17(22)27/h2-3,6-9,12,14H,4-5,10H2,1H3,(H2,22,27)(H,23,24,25)/t12-,20-/m1/s1. The van der Waals surface area contributed by atoms with Crippen LogP contribution in [0.1, 0.15) is 36.5 Å². The average molecular weight is 376 g/mol. The molecule has 0 unspecified atom stereocenters. The number of primary amides is 1. The molecular formula is C20H20N6O2. The van der Waals surface area contributed by atoms with Gasteiger partial charge in [-0.05, 0) is 62.4 Å². The summed E-state index contributed by atoms with van der Waals surface area (Å²) >= 11 is 0. The predicted molar refractivity (Wildman–Crippen MR) is 103 cm³/mol. The Kier molecular flexibility index (Phi) is 4.23. The number of amides is 2. The largest absolute Gasteiger partial charge is 0.366 e. The molecule has 2 fully saturated rings. The zero-order valence-corrected chi connectivity index (χ0v) is 15.4. The molecule has 2 amide bonds. The second kappa shape index (κ2) is 6.60. The van der Waals surface area contributed by atoms with E-state index in [-0.39, 0.29) is 17.9 Å². The van der Waals surface area contributed by atoms with E-state index < -0.39 is 11.3 Å². The van der Waals surface area contributed by atoms with Gasteiger partial charge in [0.15, 0.2) is 0 Å². The number of nitriles is 1. The first-order chi connectivity index (χ1) is 13.4. The zero-order valence-electron chi connectivity index (χ0n) is 15.4. The van der Waals surface area contributed by atoms with Crippen molar-refractivity contribution in [3.05, 3.63) is 42.1 Å². The Labute approximate surface area is 162 Å². The Hall–Kier alpha value is -3.47. The highest BCUT2D eigenvalue weighted by Crippen LogP contribution is 2.53. The smallest absolute Gasteiger partial charge is 0.249 e. The van der Waals surface area contributed by atoms with Crippen molar-refractivity contribution >= 4 is 29.3 Å². The second-order valence-electron chi connectivity index (χ2n) is 7.39. The molecule has 2 aliphatic rings. The number of carbonyl (C=O) groups excluding carboxylic acids is 2. The van der Waals surface area contributed by atoms with Crippen molar-refractivity contribution in [2.45, 2.75) is 32.2 Å². The molecule has 0 bridgehead atoms. The van der Waals surface area contributed by atoms with Gasteiger partial charge in [-0.25, -0.2) is 4.98 Å². The number of carbonyl (C=O) groups is 2. The summed E-state index contributed by atoms with van der Waals surface area (Å²) < 4.78 is 0. The number of nitrogens with zero attached hydrogens (tertiary/aromatic N) is 4. The predicted octanol–water partition coefficient (Wildman–Crippen LogP) is 2.36. The topological polar surface area (TPSA) is 125 Å². The summed E-state index contributed by atoms with van der Waals surface area (Å²) in [5, 5.41) is 12.8. The van der Waals surface area contributed by atoms with E-state index in [0.717, 1.165) is 12.8 Å². The Balaban J connectivity index is 1.58. The summed E-state index contributed by atoms with van der Waals surface area (Å²) in [5.74, 6) is 0.288. The summed E-state index contributed by atoms with van der Waals surface area (Å²) in [7, 11) is 0. The van der Waals surface area contributed by atoms with Crippen LogP contribution in [0.4, 0.5) is 17.5 Å². The molecular weight excluding hydrogens is 356 g/mol. The van der Waals surface area contributed by atoms with Crippen LogP contribution >= 0.6 is 0 Å². The van der Waals surface area contributed by atoms with Crippen LogP contribution < -0.4 is 16.0 Å². The van der Waals surface area contributed by atoms with Crippen LogP contribution in [-0.2, 0) is 4.79 Å². The lowest BCUT2D eigenvalue weighted by Gasteiger charge is -2.22. The number of nitrogens with one attached hydrogen (secondary N) is 1. The summed E-state index contributed by atoms with van der Waals surface area (Å²) in [6.45, 7) is 1.94. The molecule has 0 spiro atoms. The van der Waals surface area contributed by atoms with Gasteiger partial charge in [0.05, 0.1) is 6.07 Å². The van der Waals surface area contributed by atoms with Crippen molar-refractivity contribution < 1.29 is 9.59 Å². The minimum atomic E-state index is -0.928. The first-order valence-corrected chi connectivity index (χ1v) is 9.19.